The molecule has 0 spiro atoms. The number of carbonyl (C=O) groups is 2. The number of nitrogens with one attached hydrogen (secondary N) is 2. The lowest BCUT2D eigenvalue weighted by atomic mass is 10.1. The monoisotopic (exact) mass is 486 g/mol. The number of rotatable bonds is 9. The van der Waals surface area contributed by atoms with Gasteiger partial charge in [-0.2, -0.15) is 13.2 Å². The summed E-state index contributed by atoms with van der Waals surface area (Å²) in [6.07, 6.45) is -4.41. The number of hydrogen-bond acceptors (Lipinski definition) is 4. The maximum atomic E-state index is 12.7. The second-order valence-corrected chi connectivity index (χ2v) is 7.51. The van der Waals surface area contributed by atoms with Crippen LogP contribution in [-0.2, 0) is 10.9 Å². The second kappa shape index (κ2) is 11.9. The summed E-state index contributed by atoms with van der Waals surface area (Å²) in [4.78, 5) is 24.0. The topological polar surface area (TPSA) is 76.7 Å². The van der Waals surface area contributed by atoms with Crippen molar-refractivity contribution in [2.75, 3.05) is 18.5 Å². The van der Waals surface area contributed by atoms with E-state index in [0.29, 0.717) is 17.7 Å². The summed E-state index contributed by atoms with van der Waals surface area (Å²) >= 11 is 0. The predicted octanol–water partition coefficient (Wildman–Crippen LogP) is 6.21. The van der Waals surface area contributed by atoms with Crippen molar-refractivity contribution in [3.63, 3.8) is 0 Å². The number of esters is 1. The number of halogens is 3. The lowest BCUT2D eigenvalue weighted by molar-refractivity contribution is -0.137. The van der Waals surface area contributed by atoms with E-state index in [1.807, 2.05) is 30.3 Å². The Balaban J connectivity index is 1.58. The number of amides is 2. The van der Waals surface area contributed by atoms with Gasteiger partial charge < -0.3 is 20.1 Å². The highest BCUT2D eigenvalue weighted by Crippen LogP contribution is 2.30. The molecule has 0 saturated heterocycles. The van der Waals surface area contributed by atoms with E-state index in [2.05, 4.69) is 10.6 Å². The average molecular weight is 486 g/mol. The number of carbonyl (C=O) groups excluding carboxylic acids is 2. The summed E-state index contributed by atoms with van der Waals surface area (Å²) in [6, 6.07) is 19.7. The van der Waals surface area contributed by atoms with Gasteiger partial charge in [-0.3, -0.25) is 0 Å². The van der Waals surface area contributed by atoms with Crippen molar-refractivity contribution in [2.45, 2.75) is 25.6 Å². The van der Waals surface area contributed by atoms with E-state index in [-0.39, 0.29) is 18.8 Å². The van der Waals surface area contributed by atoms with Crippen LogP contribution in [0.2, 0.25) is 0 Å². The Morgan fingerprint density at radius 2 is 1.57 bits per heavy atom. The number of anilines is 1. The van der Waals surface area contributed by atoms with Crippen LogP contribution in [0.15, 0.2) is 78.9 Å². The SMILES string of the molecule is CCOC(=O)c1ccc(OC(CCNC(=O)Nc2ccc(C(F)(F)F)cc2)c2ccccc2)cc1. The molecule has 9 heteroatoms. The zero-order valence-electron chi connectivity index (χ0n) is 19.0. The van der Waals surface area contributed by atoms with Gasteiger partial charge in [0.15, 0.2) is 0 Å². The van der Waals surface area contributed by atoms with Crippen molar-refractivity contribution in [1.29, 1.82) is 0 Å². The molecule has 184 valence electrons. The Morgan fingerprint density at radius 3 is 2.17 bits per heavy atom. The molecule has 35 heavy (non-hydrogen) atoms. The molecule has 2 amide bonds. The quantitative estimate of drug-likeness (QED) is 0.353. The van der Waals surface area contributed by atoms with E-state index >= 15 is 0 Å². The van der Waals surface area contributed by atoms with Crippen LogP contribution in [-0.4, -0.2) is 25.2 Å². The summed E-state index contributed by atoms with van der Waals surface area (Å²) in [6.45, 7) is 2.26. The molecule has 0 aliphatic heterocycles. The first-order valence-electron chi connectivity index (χ1n) is 11.0. The van der Waals surface area contributed by atoms with Crippen molar-refractivity contribution in [2.24, 2.45) is 0 Å². The van der Waals surface area contributed by atoms with E-state index < -0.39 is 29.8 Å². The van der Waals surface area contributed by atoms with Gasteiger partial charge in [-0.05, 0) is 61.0 Å². The maximum Gasteiger partial charge on any atom is 0.416 e. The Hall–Kier alpha value is -4.01. The Kier molecular flexibility index (Phi) is 8.72. The minimum Gasteiger partial charge on any atom is -0.486 e. The largest absolute Gasteiger partial charge is 0.486 e. The van der Waals surface area contributed by atoms with Crippen molar-refractivity contribution in [1.82, 2.24) is 5.32 Å². The molecule has 0 radical (unpaired) electrons. The van der Waals surface area contributed by atoms with Crippen molar-refractivity contribution in [3.05, 3.63) is 95.6 Å². The number of benzene rings is 3. The zero-order chi connectivity index (χ0) is 25.3. The van der Waals surface area contributed by atoms with Crippen molar-refractivity contribution in [3.8, 4) is 5.75 Å². The molecule has 0 bridgehead atoms. The van der Waals surface area contributed by atoms with Gasteiger partial charge >= 0.3 is 18.2 Å². The van der Waals surface area contributed by atoms with Crippen LogP contribution < -0.4 is 15.4 Å². The van der Waals surface area contributed by atoms with Crippen LogP contribution >= 0.6 is 0 Å². The molecule has 0 saturated carbocycles. The molecule has 0 aliphatic carbocycles. The van der Waals surface area contributed by atoms with Crippen LogP contribution in [0, 0.1) is 0 Å². The first kappa shape index (κ1) is 25.6. The molecule has 3 aromatic carbocycles. The molecule has 6 nitrogen and oxygen atoms in total. The molecule has 0 aliphatic rings. The molecule has 3 aromatic rings. The highest BCUT2D eigenvalue weighted by Gasteiger charge is 2.30. The Bertz CT molecular complexity index is 1100. The Morgan fingerprint density at radius 1 is 0.914 bits per heavy atom. The standard InChI is InChI=1S/C26H25F3N2O4/c1-2-34-24(32)19-8-14-22(15-9-19)35-23(18-6-4-3-5-7-18)16-17-30-25(33)31-21-12-10-20(11-13-21)26(27,28)29/h3-15,23H,2,16-17H2,1H3,(H2,30,31,33). The van der Waals surface area contributed by atoms with Crippen molar-refractivity contribution < 1.29 is 32.2 Å². The minimum atomic E-state index is -4.44. The van der Waals surface area contributed by atoms with E-state index in [0.717, 1.165) is 17.7 Å². The molecule has 1 unspecified atom stereocenters. The lowest BCUT2D eigenvalue weighted by Crippen LogP contribution is -2.30. The fourth-order valence-corrected chi connectivity index (χ4v) is 3.24. The molecule has 0 heterocycles. The van der Waals surface area contributed by atoms with Crippen LogP contribution in [0.3, 0.4) is 0 Å². The van der Waals surface area contributed by atoms with Crippen LogP contribution in [0.1, 0.15) is 40.9 Å². The van der Waals surface area contributed by atoms with Gasteiger partial charge in [0, 0.05) is 18.7 Å². The number of ether oxygens (including phenoxy) is 2. The number of urea groups is 1. The summed E-state index contributed by atoms with van der Waals surface area (Å²) in [7, 11) is 0. The van der Waals surface area contributed by atoms with Crippen LogP contribution in [0.5, 0.6) is 5.75 Å². The summed E-state index contributed by atoms with van der Waals surface area (Å²) in [5.74, 6) is 0.128. The van der Waals surface area contributed by atoms with Gasteiger partial charge in [-0.25, -0.2) is 9.59 Å². The Labute approximate surface area is 201 Å². The molecule has 0 fully saturated rings. The van der Waals surface area contributed by atoms with Crippen LogP contribution in [0.4, 0.5) is 23.7 Å². The van der Waals surface area contributed by atoms with Gasteiger partial charge in [0.1, 0.15) is 11.9 Å². The molecule has 3 rings (SSSR count). The molecular weight excluding hydrogens is 461 g/mol. The van der Waals surface area contributed by atoms with E-state index in [4.69, 9.17) is 9.47 Å². The van der Waals surface area contributed by atoms with E-state index in [1.54, 1.807) is 31.2 Å². The van der Waals surface area contributed by atoms with Crippen LogP contribution in [0.25, 0.3) is 0 Å². The first-order chi connectivity index (χ1) is 16.8. The number of hydrogen-bond donors (Lipinski definition) is 2. The van der Waals surface area contributed by atoms with Crippen molar-refractivity contribution >= 4 is 17.7 Å². The fourth-order valence-electron chi connectivity index (χ4n) is 3.24. The van der Waals surface area contributed by atoms with Gasteiger partial charge in [0.05, 0.1) is 17.7 Å². The van der Waals surface area contributed by atoms with Gasteiger partial charge in [-0.15, -0.1) is 0 Å². The highest BCUT2D eigenvalue weighted by molar-refractivity contribution is 5.89. The summed E-state index contributed by atoms with van der Waals surface area (Å²) in [5.41, 5.74) is 0.763. The van der Waals surface area contributed by atoms with Gasteiger partial charge in [0.25, 0.3) is 0 Å². The minimum absolute atomic E-state index is 0.243. The molecule has 0 aromatic heterocycles. The molecular formula is C26H25F3N2O4. The predicted molar refractivity (Wildman–Crippen MR) is 125 cm³/mol. The molecule has 2 N–H and O–H groups in total. The molecule has 1 atom stereocenters. The third-order valence-corrected chi connectivity index (χ3v) is 4.98. The van der Waals surface area contributed by atoms with Gasteiger partial charge in [0.2, 0.25) is 0 Å². The zero-order valence-corrected chi connectivity index (χ0v) is 19.0. The average Bonchev–Trinajstić information content (AvgIpc) is 2.84. The smallest absolute Gasteiger partial charge is 0.416 e. The van der Waals surface area contributed by atoms with Gasteiger partial charge in [-0.1, -0.05) is 30.3 Å². The highest BCUT2D eigenvalue weighted by atomic mass is 19.4. The normalized spacial score (nSPS) is 11.9. The fraction of sp³-hybridized carbons (Fsp3) is 0.231. The summed E-state index contributed by atoms with van der Waals surface area (Å²) < 4.78 is 49.1. The summed E-state index contributed by atoms with van der Waals surface area (Å²) in [5, 5.41) is 5.20. The van der Waals surface area contributed by atoms with E-state index in [9.17, 15) is 22.8 Å². The lowest BCUT2D eigenvalue weighted by Gasteiger charge is -2.20. The second-order valence-electron chi connectivity index (χ2n) is 7.51. The van der Waals surface area contributed by atoms with E-state index in [1.165, 1.54) is 12.1 Å². The maximum absolute atomic E-state index is 12.7. The third kappa shape index (κ3) is 7.77. The number of alkyl halides is 3. The first-order valence-corrected chi connectivity index (χ1v) is 11.0. The third-order valence-electron chi connectivity index (χ3n) is 4.98.